The van der Waals surface area contributed by atoms with Crippen molar-refractivity contribution in [2.45, 2.75) is 25.2 Å². The lowest BCUT2D eigenvalue weighted by atomic mass is 10.1. The zero-order valence-corrected chi connectivity index (χ0v) is 17.9. The van der Waals surface area contributed by atoms with Crippen molar-refractivity contribution in [3.63, 3.8) is 0 Å². The first-order valence-corrected chi connectivity index (χ1v) is 10.7. The summed E-state index contributed by atoms with van der Waals surface area (Å²) in [5.74, 6) is -0.480. The highest BCUT2D eigenvalue weighted by Gasteiger charge is 2.18. The van der Waals surface area contributed by atoms with Gasteiger partial charge in [-0.2, -0.15) is 0 Å². The molecule has 0 fully saturated rings. The minimum Gasteiger partial charge on any atom is -0.462 e. The standard InChI is InChI=1S/C20H21N3O4S.ClH/c1-4-11-27-20(24)17-12-21-19-16(10-5-13(2)22-19)18(17)23-14-6-8-15(9-7-14)28(3,25)26;/h5-10,12H,4,11H2,1-3H3,(H,21,22,23);1H. The van der Waals surface area contributed by atoms with Gasteiger partial charge in [0, 0.05) is 29.2 Å². The molecule has 0 spiro atoms. The normalized spacial score (nSPS) is 11.0. The van der Waals surface area contributed by atoms with Gasteiger partial charge in [-0.1, -0.05) is 6.92 Å². The van der Waals surface area contributed by atoms with Crippen LogP contribution in [0.25, 0.3) is 11.0 Å². The van der Waals surface area contributed by atoms with Crippen LogP contribution in [0.3, 0.4) is 0 Å². The molecule has 0 bridgehead atoms. The molecule has 0 aliphatic carbocycles. The third kappa shape index (κ3) is 5.21. The number of carbonyl (C=O) groups is 1. The number of sulfone groups is 1. The van der Waals surface area contributed by atoms with Crippen molar-refractivity contribution in [1.29, 1.82) is 0 Å². The molecule has 0 atom stereocenters. The monoisotopic (exact) mass is 435 g/mol. The SMILES string of the molecule is CCCOC(=O)c1cnc2nc(C)ccc2c1Nc1ccc(S(C)(=O)=O)cc1.Cl. The maximum atomic E-state index is 12.5. The number of hydrogen-bond acceptors (Lipinski definition) is 7. The minimum atomic E-state index is -3.29. The van der Waals surface area contributed by atoms with Gasteiger partial charge in [-0.25, -0.2) is 23.2 Å². The molecule has 3 rings (SSSR count). The first kappa shape index (κ1) is 22.6. The highest BCUT2D eigenvalue weighted by atomic mass is 35.5. The Morgan fingerprint density at radius 1 is 1.14 bits per heavy atom. The first-order chi connectivity index (χ1) is 13.3. The second-order valence-corrected chi connectivity index (χ2v) is 8.44. The van der Waals surface area contributed by atoms with E-state index < -0.39 is 15.8 Å². The number of anilines is 2. The van der Waals surface area contributed by atoms with E-state index in [1.807, 2.05) is 26.0 Å². The van der Waals surface area contributed by atoms with Crippen LogP contribution in [0.15, 0.2) is 47.5 Å². The van der Waals surface area contributed by atoms with Gasteiger partial charge in [0.2, 0.25) is 0 Å². The summed E-state index contributed by atoms with van der Waals surface area (Å²) in [4.78, 5) is 21.4. The van der Waals surface area contributed by atoms with Gasteiger partial charge < -0.3 is 10.1 Å². The number of hydrogen-bond donors (Lipinski definition) is 1. The van der Waals surface area contributed by atoms with Crippen LogP contribution >= 0.6 is 12.4 Å². The Morgan fingerprint density at radius 3 is 2.45 bits per heavy atom. The number of aryl methyl sites for hydroxylation is 1. The fourth-order valence-electron chi connectivity index (χ4n) is 2.66. The average Bonchev–Trinajstić information content (AvgIpc) is 2.65. The van der Waals surface area contributed by atoms with Crippen molar-refractivity contribution in [2.24, 2.45) is 0 Å². The highest BCUT2D eigenvalue weighted by molar-refractivity contribution is 7.90. The fourth-order valence-corrected chi connectivity index (χ4v) is 3.29. The molecule has 0 aliphatic heterocycles. The van der Waals surface area contributed by atoms with E-state index in [4.69, 9.17) is 4.74 Å². The van der Waals surface area contributed by atoms with Crippen LogP contribution in [0, 0.1) is 6.92 Å². The van der Waals surface area contributed by atoms with Crippen LogP contribution in [-0.4, -0.2) is 37.2 Å². The number of benzene rings is 1. The van der Waals surface area contributed by atoms with E-state index in [-0.39, 0.29) is 17.3 Å². The quantitative estimate of drug-likeness (QED) is 0.582. The molecular weight excluding hydrogens is 414 g/mol. The number of esters is 1. The number of nitrogens with zero attached hydrogens (tertiary/aromatic N) is 2. The van der Waals surface area contributed by atoms with E-state index in [9.17, 15) is 13.2 Å². The Bertz CT molecular complexity index is 1130. The summed E-state index contributed by atoms with van der Waals surface area (Å²) in [6.07, 6.45) is 3.31. The third-order valence-corrected chi connectivity index (χ3v) is 5.21. The van der Waals surface area contributed by atoms with Crippen molar-refractivity contribution in [3.05, 3.63) is 53.9 Å². The maximum Gasteiger partial charge on any atom is 0.341 e. The van der Waals surface area contributed by atoms with E-state index in [1.54, 1.807) is 12.1 Å². The summed E-state index contributed by atoms with van der Waals surface area (Å²) in [7, 11) is -3.29. The summed E-state index contributed by atoms with van der Waals surface area (Å²) in [6, 6.07) is 9.99. The molecule has 0 amide bonds. The second kappa shape index (κ2) is 9.19. The van der Waals surface area contributed by atoms with E-state index in [1.165, 1.54) is 18.3 Å². The van der Waals surface area contributed by atoms with E-state index in [2.05, 4.69) is 15.3 Å². The largest absolute Gasteiger partial charge is 0.462 e. The fraction of sp³-hybridized carbons (Fsp3) is 0.250. The van der Waals surface area contributed by atoms with E-state index in [0.717, 1.165) is 11.9 Å². The second-order valence-electron chi connectivity index (χ2n) is 6.43. The van der Waals surface area contributed by atoms with Gasteiger partial charge in [-0.3, -0.25) is 0 Å². The molecule has 0 aliphatic rings. The number of aromatic nitrogens is 2. The Hall–Kier alpha value is -2.71. The van der Waals surface area contributed by atoms with E-state index >= 15 is 0 Å². The van der Waals surface area contributed by atoms with Crippen LogP contribution in [-0.2, 0) is 14.6 Å². The molecule has 1 aromatic carbocycles. The molecular formula is C20H22ClN3O4S. The molecule has 2 aromatic heterocycles. The molecule has 0 saturated heterocycles. The number of halogens is 1. The topological polar surface area (TPSA) is 98.2 Å². The third-order valence-electron chi connectivity index (χ3n) is 4.08. The lowest BCUT2D eigenvalue weighted by Crippen LogP contribution is -2.10. The zero-order chi connectivity index (χ0) is 20.3. The molecule has 0 unspecified atom stereocenters. The van der Waals surface area contributed by atoms with Crippen molar-refractivity contribution >= 4 is 50.6 Å². The molecule has 1 N–H and O–H groups in total. The summed E-state index contributed by atoms with van der Waals surface area (Å²) < 4.78 is 28.6. The van der Waals surface area contributed by atoms with E-state index in [0.29, 0.717) is 41.0 Å². The minimum absolute atomic E-state index is 0. The van der Waals surface area contributed by atoms with Crippen LogP contribution in [0.5, 0.6) is 0 Å². The predicted molar refractivity (Wildman–Crippen MR) is 115 cm³/mol. The molecule has 29 heavy (non-hydrogen) atoms. The van der Waals surface area contributed by atoms with Crippen molar-refractivity contribution in [3.8, 4) is 0 Å². The van der Waals surface area contributed by atoms with Gasteiger partial charge in [0.05, 0.1) is 17.2 Å². The highest BCUT2D eigenvalue weighted by Crippen LogP contribution is 2.29. The van der Waals surface area contributed by atoms with Crippen LogP contribution in [0.1, 0.15) is 29.4 Å². The van der Waals surface area contributed by atoms with Crippen LogP contribution < -0.4 is 5.32 Å². The van der Waals surface area contributed by atoms with Crippen LogP contribution in [0.4, 0.5) is 11.4 Å². The summed E-state index contributed by atoms with van der Waals surface area (Å²) in [5, 5.41) is 3.87. The molecule has 0 saturated carbocycles. The van der Waals surface area contributed by atoms with Gasteiger partial charge in [0.15, 0.2) is 15.5 Å². The van der Waals surface area contributed by atoms with Crippen molar-refractivity contribution < 1.29 is 17.9 Å². The smallest absolute Gasteiger partial charge is 0.341 e. The molecule has 2 heterocycles. The first-order valence-electron chi connectivity index (χ1n) is 8.80. The molecule has 9 heteroatoms. The van der Waals surface area contributed by atoms with Gasteiger partial charge in [0.25, 0.3) is 0 Å². The lowest BCUT2D eigenvalue weighted by molar-refractivity contribution is 0.0506. The zero-order valence-electron chi connectivity index (χ0n) is 16.3. The van der Waals surface area contributed by atoms with Gasteiger partial charge >= 0.3 is 5.97 Å². The Kier molecular flexibility index (Phi) is 7.16. The van der Waals surface area contributed by atoms with Gasteiger partial charge in [-0.05, 0) is 49.7 Å². The molecule has 7 nitrogen and oxygen atoms in total. The summed E-state index contributed by atoms with van der Waals surface area (Å²) >= 11 is 0. The van der Waals surface area contributed by atoms with Crippen molar-refractivity contribution in [2.75, 3.05) is 18.2 Å². The Balaban J connectivity index is 0.00000300. The number of pyridine rings is 2. The van der Waals surface area contributed by atoms with Crippen molar-refractivity contribution in [1.82, 2.24) is 9.97 Å². The molecule has 154 valence electrons. The van der Waals surface area contributed by atoms with Gasteiger partial charge in [0.1, 0.15) is 5.56 Å². The summed E-state index contributed by atoms with van der Waals surface area (Å²) in [5.41, 5.74) is 2.75. The van der Waals surface area contributed by atoms with Crippen LogP contribution in [0.2, 0.25) is 0 Å². The lowest BCUT2D eigenvalue weighted by Gasteiger charge is -2.14. The number of ether oxygens (including phenoxy) is 1. The Labute approximate surface area is 175 Å². The number of carbonyl (C=O) groups excluding carboxylic acids is 1. The number of nitrogens with one attached hydrogen (secondary N) is 1. The predicted octanol–water partition coefficient (Wildman–Crippen LogP) is 4.07. The molecule has 0 radical (unpaired) electrons. The summed E-state index contributed by atoms with van der Waals surface area (Å²) in [6.45, 7) is 4.09. The molecule has 3 aromatic rings. The average molecular weight is 436 g/mol. The maximum absolute atomic E-state index is 12.5. The number of fused-ring (bicyclic) bond motifs is 1. The van der Waals surface area contributed by atoms with Gasteiger partial charge in [-0.15, -0.1) is 12.4 Å². The Morgan fingerprint density at radius 2 is 1.83 bits per heavy atom. The number of rotatable bonds is 6.